The second-order valence-electron chi connectivity index (χ2n) is 5.46. The number of anilines is 1. The fraction of sp³-hybridized carbons (Fsp3) is 0.294. The summed E-state index contributed by atoms with van der Waals surface area (Å²) in [6.07, 6.45) is 1.35. The summed E-state index contributed by atoms with van der Waals surface area (Å²) in [5.41, 5.74) is 8.69. The third-order valence-corrected chi connectivity index (χ3v) is 3.71. The molecule has 2 amide bonds. The van der Waals surface area contributed by atoms with Gasteiger partial charge in [0.15, 0.2) is 0 Å². The first-order valence-corrected chi connectivity index (χ1v) is 7.31. The second-order valence-corrected chi connectivity index (χ2v) is 5.46. The Morgan fingerprint density at radius 1 is 1.29 bits per heavy atom. The molecule has 0 aliphatic rings. The zero-order chi connectivity index (χ0) is 17.0. The molecular formula is C17H22ClN3O3. The minimum Gasteiger partial charge on any atom is -0.467 e. The normalized spacial score (nSPS) is 10.0. The molecule has 130 valence electrons. The first kappa shape index (κ1) is 19.7. The van der Waals surface area contributed by atoms with Gasteiger partial charge in [-0.1, -0.05) is 12.1 Å². The van der Waals surface area contributed by atoms with E-state index in [0.717, 1.165) is 16.8 Å². The lowest BCUT2D eigenvalue weighted by Crippen LogP contribution is -2.34. The number of halogens is 1. The average molecular weight is 352 g/mol. The first-order valence-electron chi connectivity index (χ1n) is 7.31. The van der Waals surface area contributed by atoms with E-state index in [1.807, 2.05) is 32.0 Å². The Labute approximate surface area is 147 Å². The number of amides is 2. The van der Waals surface area contributed by atoms with Crippen molar-refractivity contribution < 1.29 is 14.0 Å². The smallest absolute Gasteiger partial charge is 0.257 e. The van der Waals surface area contributed by atoms with Crippen LogP contribution in [0.25, 0.3) is 0 Å². The van der Waals surface area contributed by atoms with Crippen LogP contribution in [0.5, 0.6) is 0 Å². The molecule has 0 radical (unpaired) electrons. The molecule has 2 rings (SSSR count). The van der Waals surface area contributed by atoms with Gasteiger partial charge < -0.3 is 20.4 Å². The lowest BCUT2D eigenvalue weighted by molar-refractivity contribution is -0.116. The summed E-state index contributed by atoms with van der Waals surface area (Å²) in [5, 5.41) is 2.83. The maximum absolute atomic E-state index is 12.2. The number of aryl methyl sites for hydroxylation is 1. The van der Waals surface area contributed by atoms with E-state index in [0.29, 0.717) is 11.3 Å². The van der Waals surface area contributed by atoms with Crippen molar-refractivity contribution in [3.05, 3.63) is 53.0 Å². The SMILES string of the molecule is Cc1cccc(NC(=O)CN(C)C(=O)c2coc(CN)c2)c1C.Cl. The molecule has 0 aliphatic carbocycles. The van der Waals surface area contributed by atoms with Crippen LogP contribution < -0.4 is 11.1 Å². The van der Waals surface area contributed by atoms with Crippen LogP contribution in [0.1, 0.15) is 27.2 Å². The lowest BCUT2D eigenvalue weighted by atomic mass is 10.1. The third-order valence-electron chi connectivity index (χ3n) is 3.71. The van der Waals surface area contributed by atoms with Crippen molar-refractivity contribution in [3.63, 3.8) is 0 Å². The van der Waals surface area contributed by atoms with E-state index in [9.17, 15) is 9.59 Å². The van der Waals surface area contributed by atoms with Gasteiger partial charge in [0.25, 0.3) is 5.91 Å². The van der Waals surface area contributed by atoms with Gasteiger partial charge in [0.05, 0.1) is 18.7 Å². The van der Waals surface area contributed by atoms with Crippen molar-refractivity contribution >= 4 is 29.9 Å². The van der Waals surface area contributed by atoms with Crippen LogP contribution in [0.4, 0.5) is 5.69 Å². The van der Waals surface area contributed by atoms with Gasteiger partial charge in [-0.25, -0.2) is 0 Å². The molecule has 0 bridgehead atoms. The van der Waals surface area contributed by atoms with Gasteiger partial charge in [0, 0.05) is 12.7 Å². The summed E-state index contributed by atoms with van der Waals surface area (Å²) in [6.45, 7) is 4.10. The number of hydrogen-bond donors (Lipinski definition) is 2. The van der Waals surface area contributed by atoms with Crippen LogP contribution in [-0.4, -0.2) is 30.3 Å². The maximum atomic E-state index is 12.2. The minimum atomic E-state index is -0.287. The van der Waals surface area contributed by atoms with Crippen LogP contribution >= 0.6 is 12.4 Å². The number of carbonyl (C=O) groups excluding carboxylic acids is 2. The van der Waals surface area contributed by atoms with Gasteiger partial charge in [-0.05, 0) is 37.1 Å². The number of hydrogen-bond acceptors (Lipinski definition) is 4. The van der Waals surface area contributed by atoms with Crippen molar-refractivity contribution in [3.8, 4) is 0 Å². The molecule has 0 unspecified atom stereocenters. The van der Waals surface area contributed by atoms with E-state index in [4.69, 9.17) is 10.2 Å². The minimum absolute atomic E-state index is 0. The summed E-state index contributed by atoms with van der Waals surface area (Å²) in [6, 6.07) is 7.29. The lowest BCUT2D eigenvalue weighted by Gasteiger charge is -2.17. The number of likely N-dealkylation sites (N-methyl/N-ethyl adjacent to an activating group) is 1. The Balaban J connectivity index is 0.00000288. The molecule has 0 atom stereocenters. The van der Waals surface area contributed by atoms with E-state index in [1.54, 1.807) is 13.1 Å². The highest BCUT2D eigenvalue weighted by Gasteiger charge is 2.17. The highest BCUT2D eigenvalue weighted by Crippen LogP contribution is 2.18. The maximum Gasteiger partial charge on any atom is 0.257 e. The van der Waals surface area contributed by atoms with Gasteiger partial charge in [-0.3, -0.25) is 9.59 Å². The molecule has 0 saturated carbocycles. The number of nitrogens with one attached hydrogen (secondary N) is 1. The Morgan fingerprint density at radius 3 is 2.62 bits per heavy atom. The summed E-state index contributed by atoms with van der Waals surface area (Å²) in [5.74, 6) is -0.0109. The van der Waals surface area contributed by atoms with E-state index in [1.165, 1.54) is 11.2 Å². The van der Waals surface area contributed by atoms with Crippen molar-refractivity contribution in [1.82, 2.24) is 4.90 Å². The van der Waals surface area contributed by atoms with Crippen molar-refractivity contribution in [2.75, 3.05) is 18.9 Å². The number of rotatable bonds is 5. The molecule has 3 N–H and O–H groups in total. The molecule has 6 nitrogen and oxygen atoms in total. The largest absolute Gasteiger partial charge is 0.467 e. The predicted molar refractivity (Wildman–Crippen MR) is 95.4 cm³/mol. The van der Waals surface area contributed by atoms with Gasteiger partial charge in [0.2, 0.25) is 5.91 Å². The zero-order valence-electron chi connectivity index (χ0n) is 14.0. The molecule has 24 heavy (non-hydrogen) atoms. The first-order chi connectivity index (χ1) is 10.9. The molecular weight excluding hydrogens is 330 g/mol. The number of benzene rings is 1. The fourth-order valence-corrected chi connectivity index (χ4v) is 2.18. The predicted octanol–water partition coefficient (Wildman–Crippen LogP) is 2.49. The number of nitrogens with two attached hydrogens (primary N) is 1. The van der Waals surface area contributed by atoms with Crippen LogP contribution in [0.15, 0.2) is 34.9 Å². The molecule has 0 spiro atoms. The molecule has 2 aromatic rings. The quantitative estimate of drug-likeness (QED) is 0.866. The molecule has 0 saturated heterocycles. The zero-order valence-corrected chi connectivity index (χ0v) is 14.8. The summed E-state index contributed by atoms with van der Waals surface area (Å²) >= 11 is 0. The highest BCUT2D eigenvalue weighted by atomic mass is 35.5. The Kier molecular flexibility index (Phi) is 7.00. The summed E-state index contributed by atoms with van der Waals surface area (Å²) < 4.78 is 5.14. The Morgan fingerprint density at radius 2 is 2.00 bits per heavy atom. The number of nitrogens with zero attached hydrogens (tertiary/aromatic N) is 1. The Hall–Kier alpha value is -2.31. The molecule has 0 fully saturated rings. The van der Waals surface area contributed by atoms with Gasteiger partial charge in [-0.15, -0.1) is 12.4 Å². The van der Waals surface area contributed by atoms with E-state index >= 15 is 0 Å². The summed E-state index contributed by atoms with van der Waals surface area (Å²) in [4.78, 5) is 25.7. The molecule has 1 aromatic heterocycles. The van der Waals surface area contributed by atoms with Crippen molar-refractivity contribution in [2.45, 2.75) is 20.4 Å². The average Bonchev–Trinajstić information content (AvgIpc) is 3.00. The van der Waals surface area contributed by atoms with Gasteiger partial charge in [-0.2, -0.15) is 0 Å². The van der Waals surface area contributed by atoms with Crippen molar-refractivity contribution in [2.24, 2.45) is 5.73 Å². The van der Waals surface area contributed by atoms with Gasteiger partial charge in [0.1, 0.15) is 12.0 Å². The van der Waals surface area contributed by atoms with Crippen LogP contribution in [0, 0.1) is 13.8 Å². The van der Waals surface area contributed by atoms with Crippen LogP contribution in [0.3, 0.4) is 0 Å². The Bertz CT molecular complexity index is 728. The molecule has 1 heterocycles. The van der Waals surface area contributed by atoms with E-state index < -0.39 is 0 Å². The van der Waals surface area contributed by atoms with E-state index in [-0.39, 0.29) is 37.3 Å². The van der Waals surface area contributed by atoms with Gasteiger partial charge >= 0.3 is 0 Å². The standard InChI is InChI=1S/C17H21N3O3.ClH/c1-11-5-4-6-15(12(11)2)19-16(21)9-20(3)17(22)13-7-14(8-18)23-10-13;/h4-7,10H,8-9,18H2,1-3H3,(H,19,21);1H. The van der Waals surface area contributed by atoms with Crippen LogP contribution in [-0.2, 0) is 11.3 Å². The third kappa shape index (κ3) is 4.59. The molecule has 0 aliphatic heterocycles. The van der Waals surface area contributed by atoms with E-state index in [2.05, 4.69) is 5.32 Å². The van der Waals surface area contributed by atoms with Crippen molar-refractivity contribution in [1.29, 1.82) is 0 Å². The number of furan rings is 1. The number of carbonyl (C=O) groups is 2. The monoisotopic (exact) mass is 351 g/mol. The second kappa shape index (κ2) is 8.52. The highest BCUT2D eigenvalue weighted by molar-refractivity contribution is 5.99. The van der Waals surface area contributed by atoms with Crippen LogP contribution in [0.2, 0.25) is 0 Å². The molecule has 7 heteroatoms. The fourth-order valence-electron chi connectivity index (χ4n) is 2.18. The molecule has 1 aromatic carbocycles. The topological polar surface area (TPSA) is 88.6 Å². The summed E-state index contributed by atoms with van der Waals surface area (Å²) in [7, 11) is 1.57.